The van der Waals surface area contributed by atoms with Crippen LogP contribution in [0.2, 0.25) is 0 Å². The molecule has 1 aromatic carbocycles. The fourth-order valence-electron chi connectivity index (χ4n) is 1.43. The van der Waals surface area contributed by atoms with Crippen molar-refractivity contribution in [3.63, 3.8) is 0 Å². The number of para-hydroxylation sites is 2. The highest BCUT2D eigenvalue weighted by Gasteiger charge is 2.13. The molecule has 2 aromatic rings. The van der Waals surface area contributed by atoms with E-state index >= 15 is 0 Å². The molecule has 1 aromatic heterocycles. The van der Waals surface area contributed by atoms with Crippen molar-refractivity contribution in [2.75, 3.05) is 5.75 Å². The highest BCUT2D eigenvalue weighted by molar-refractivity contribution is 8.13. The standard InChI is InChI=1S/C12H12N2O2S/c1-2-17-12(15)16-11-6-4-3-5-10(11)14-8-7-13-9-14/h3-9H,2H2,1H3/p+1. The number of nitrogens with one attached hydrogen (secondary N) is 1. The van der Waals surface area contributed by atoms with Gasteiger partial charge in [-0.3, -0.25) is 0 Å². The van der Waals surface area contributed by atoms with Gasteiger partial charge in [-0.05, 0) is 23.9 Å². The molecule has 88 valence electrons. The van der Waals surface area contributed by atoms with Crippen molar-refractivity contribution in [3.05, 3.63) is 43.0 Å². The van der Waals surface area contributed by atoms with Crippen LogP contribution in [-0.4, -0.2) is 16.0 Å². The van der Waals surface area contributed by atoms with Crippen LogP contribution < -0.4 is 9.30 Å². The molecule has 0 bridgehead atoms. The maximum atomic E-state index is 11.5. The Kier molecular flexibility index (Phi) is 3.82. The predicted octanol–water partition coefficient (Wildman–Crippen LogP) is 2.54. The summed E-state index contributed by atoms with van der Waals surface area (Å²) in [5, 5.41) is -0.281. The van der Waals surface area contributed by atoms with Gasteiger partial charge in [-0.25, -0.2) is 9.78 Å². The zero-order chi connectivity index (χ0) is 12.1. The highest BCUT2D eigenvalue weighted by Crippen LogP contribution is 2.20. The second-order valence-corrected chi connectivity index (χ2v) is 4.47. The van der Waals surface area contributed by atoms with Gasteiger partial charge >= 0.3 is 5.30 Å². The van der Waals surface area contributed by atoms with Gasteiger partial charge in [-0.2, -0.15) is 4.57 Å². The number of imidazole rings is 1. The lowest BCUT2D eigenvalue weighted by molar-refractivity contribution is -0.594. The van der Waals surface area contributed by atoms with Crippen molar-refractivity contribution in [2.24, 2.45) is 0 Å². The minimum atomic E-state index is -0.281. The van der Waals surface area contributed by atoms with Crippen molar-refractivity contribution in [1.82, 2.24) is 4.98 Å². The van der Waals surface area contributed by atoms with Crippen molar-refractivity contribution in [2.45, 2.75) is 6.92 Å². The Morgan fingerprint density at radius 1 is 1.47 bits per heavy atom. The molecule has 0 radical (unpaired) electrons. The van der Waals surface area contributed by atoms with Gasteiger partial charge in [0.1, 0.15) is 12.4 Å². The Balaban J connectivity index is 2.25. The number of aromatic nitrogens is 2. The molecule has 0 unspecified atom stereocenters. The molecular formula is C12H13N2O2S+. The topological polar surface area (TPSA) is 46.0 Å². The number of hydrogen-bond acceptors (Lipinski definition) is 3. The van der Waals surface area contributed by atoms with E-state index in [9.17, 15) is 4.79 Å². The van der Waals surface area contributed by atoms with E-state index in [1.165, 1.54) is 0 Å². The van der Waals surface area contributed by atoms with Gasteiger partial charge < -0.3 is 4.74 Å². The van der Waals surface area contributed by atoms with E-state index in [1.54, 1.807) is 18.6 Å². The molecule has 0 aliphatic carbocycles. The molecule has 5 heteroatoms. The van der Waals surface area contributed by atoms with E-state index in [1.807, 2.05) is 35.9 Å². The van der Waals surface area contributed by atoms with Crippen LogP contribution in [0.4, 0.5) is 4.79 Å². The largest absolute Gasteiger partial charge is 0.414 e. The van der Waals surface area contributed by atoms with Crippen LogP contribution >= 0.6 is 11.8 Å². The van der Waals surface area contributed by atoms with Crippen LogP contribution in [0.15, 0.2) is 43.0 Å². The van der Waals surface area contributed by atoms with Crippen LogP contribution in [0.3, 0.4) is 0 Å². The van der Waals surface area contributed by atoms with Gasteiger partial charge in [0.15, 0.2) is 11.4 Å². The number of thioether (sulfide) groups is 1. The second kappa shape index (κ2) is 5.54. The summed E-state index contributed by atoms with van der Waals surface area (Å²) in [5.41, 5.74) is 0.832. The summed E-state index contributed by atoms with van der Waals surface area (Å²) in [7, 11) is 0. The number of benzene rings is 1. The SMILES string of the molecule is CCSC(=O)Oc1ccccc1-[n+]1cc[nH]c1. The fraction of sp³-hybridized carbons (Fsp3) is 0.167. The first-order chi connectivity index (χ1) is 8.31. The van der Waals surface area contributed by atoms with Crippen LogP contribution in [0.1, 0.15) is 6.92 Å². The molecule has 0 aliphatic rings. The summed E-state index contributed by atoms with van der Waals surface area (Å²) in [6.07, 6.45) is 5.46. The van der Waals surface area contributed by atoms with Crippen molar-refractivity contribution >= 4 is 17.1 Å². The van der Waals surface area contributed by atoms with Crippen LogP contribution in [0.25, 0.3) is 5.69 Å². The number of carbonyl (C=O) groups is 1. The maximum absolute atomic E-state index is 11.5. The van der Waals surface area contributed by atoms with Crippen molar-refractivity contribution in [1.29, 1.82) is 0 Å². The summed E-state index contributed by atoms with van der Waals surface area (Å²) >= 11 is 1.15. The minimum absolute atomic E-state index is 0.281. The van der Waals surface area contributed by atoms with E-state index in [0.717, 1.165) is 17.4 Å². The molecular weight excluding hydrogens is 236 g/mol. The van der Waals surface area contributed by atoms with Gasteiger partial charge in [0.2, 0.25) is 6.33 Å². The molecule has 2 rings (SSSR count). The monoisotopic (exact) mass is 249 g/mol. The number of nitrogens with zero attached hydrogens (tertiary/aromatic N) is 1. The van der Waals surface area contributed by atoms with Crippen molar-refractivity contribution in [3.8, 4) is 11.4 Å². The summed E-state index contributed by atoms with van der Waals surface area (Å²) in [6.45, 7) is 1.92. The molecule has 0 fully saturated rings. The average Bonchev–Trinajstić information content (AvgIpc) is 2.83. The number of aromatic amines is 1. The molecule has 1 N–H and O–H groups in total. The molecule has 0 atom stereocenters. The quantitative estimate of drug-likeness (QED) is 0.671. The van der Waals surface area contributed by atoms with E-state index in [-0.39, 0.29) is 5.30 Å². The molecule has 1 heterocycles. The summed E-state index contributed by atoms with van der Waals surface area (Å²) < 4.78 is 7.16. The number of ether oxygens (including phenoxy) is 1. The lowest BCUT2D eigenvalue weighted by Gasteiger charge is -2.05. The Morgan fingerprint density at radius 3 is 3.00 bits per heavy atom. The van der Waals surface area contributed by atoms with E-state index < -0.39 is 0 Å². The Bertz CT molecular complexity index is 497. The van der Waals surface area contributed by atoms with E-state index in [2.05, 4.69) is 4.98 Å². The summed E-state index contributed by atoms with van der Waals surface area (Å²) in [4.78, 5) is 14.4. The molecule has 0 aliphatic heterocycles. The summed E-state index contributed by atoms with van der Waals surface area (Å²) in [6, 6.07) is 7.42. The Morgan fingerprint density at radius 2 is 2.29 bits per heavy atom. The van der Waals surface area contributed by atoms with Crippen molar-refractivity contribution < 1.29 is 14.1 Å². The number of hydrogen-bond donors (Lipinski definition) is 1. The Hall–Kier alpha value is -1.75. The van der Waals surface area contributed by atoms with Gasteiger partial charge in [-0.1, -0.05) is 19.1 Å². The fourth-order valence-corrected chi connectivity index (χ4v) is 1.82. The van der Waals surface area contributed by atoms with E-state index in [0.29, 0.717) is 11.5 Å². The Labute approximate surface area is 104 Å². The minimum Gasteiger partial charge on any atom is -0.414 e. The van der Waals surface area contributed by atoms with Crippen LogP contribution in [-0.2, 0) is 0 Å². The maximum Gasteiger partial charge on any atom is 0.372 e. The zero-order valence-corrected chi connectivity index (χ0v) is 10.2. The zero-order valence-electron chi connectivity index (χ0n) is 9.42. The second-order valence-electron chi connectivity index (χ2n) is 3.27. The summed E-state index contributed by atoms with van der Waals surface area (Å²) in [5.74, 6) is 1.27. The number of carbonyl (C=O) groups excluding carboxylic acids is 1. The van der Waals surface area contributed by atoms with Crippen LogP contribution in [0, 0.1) is 0 Å². The molecule has 0 spiro atoms. The van der Waals surface area contributed by atoms with Crippen LogP contribution in [0.5, 0.6) is 5.75 Å². The van der Waals surface area contributed by atoms with Gasteiger partial charge in [-0.15, -0.1) is 0 Å². The first-order valence-electron chi connectivity index (χ1n) is 5.29. The smallest absolute Gasteiger partial charge is 0.372 e. The molecule has 0 saturated carbocycles. The predicted molar refractivity (Wildman–Crippen MR) is 66.5 cm³/mol. The normalized spacial score (nSPS) is 10.2. The number of rotatable bonds is 3. The first-order valence-corrected chi connectivity index (χ1v) is 6.28. The molecule has 4 nitrogen and oxygen atoms in total. The van der Waals surface area contributed by atoms with Gasteiger partial charge in [0, 0.05) is 5.75 Å². The highest BCUT2D eigenvalue weighted by atomic mass is 32.2. The third kappa shape index (κ3) is 2.88. The number of H-pyrrole nitrogens is 1. The molecule has 0 saturated heterocycles. The molecule has 0 amide bonds. The third-order valence-electron chi connectivity index (χ3n) is 2.14. The van der Waals surface area contributed by atoms with E-state index in [4.69, 9.17) is 4.74 Å². The van der Waals surface area contributed by atoms with Gasteiger partial charge in [0.25, 0.3) is 0 Å². The average molecular weight is 249 g/mol. The lowest BCUT2D eigenvalue weighted by atomic mass is 10.3. The van der Waals surface area contributed by atoms with Gasteiger partial charge in [0.05, 0.1) is 0 Å². The molecule has 17 heavy (non-hydrogen) atoms. The lowest BCUT2D eigenvalue weighted by Crippen LogP contribution is -2.28. The first kappa shape index (κ1) is 11.7. The third-order valence-corrected chi connectivity index (χ3v) is 2.75.